The van der Waals surface area contributed by atoms with Gasteiger partial charge in [0.15, 0.2) is 5.78 Å². The third-order valence-electron chi connectivity index (χ3n) is 1.41. The van der Waals surface area contributed by atoms with Gasteiger partial charge in [0.05, 0.1) is 9.45 Å². The molecule has 0 aliphatic rings. The normalized spacial score (nSPS) is 10.2. The summed E-state index contributed by atoms with van der Waals surface area (Å²) in [5.41, 5.74) is 0.237. The Kier molecular flexibility index (Phi) is 3.94. The molecule has 0 N–H and O–H groups in total. The molecule has 0 aliphatic heterocycles. The van der Waals surface area contributed by atoms with E-state index in [1.54, 1.807) is 22.6 Å². The van der Waals surface area contributed by atoms with E-state index in [1.165, 1.54) is 6.07 Å². The number of hydrogen-bond acceptors (Lipinski definition) is 1. The van der Waals surface area contributed by atoms with Gasteiger partial charge in [-0.1, -0.05) is 11.6 Å². The Morgan fingerprint density at radius 1 is 1.54 bits per heavy atom. The lowest BCUT2D eigenvalue weighted by Crippen LogP contribution is -2.04. The summed E-state index contributed by atoms with van der Waals surface area (Å²) in [4.78, 5) is 11.2. The monoisotopic (exact) mass is 332 g/mol. The van der Waals surface area contributed by atoms with E-state index in [4.69, 9.17) is 23.2 Å². The molecule has 0 atom stereocenters. The SMILES string of the molecule is O=C(CCl)c1cc(Cl)cc(F)c1I. The quantitative estimate of drug-likeness (QED) is 0.350. The lowest BCUT2D eigenvalue weighted by molar-refractivity contribution is 0.101. The number of carbonyl (C=O) groups is 1. The molecular formula is C8H4Cl2FIO. The molecule has 1 rings (SSSR count). The summed E-state index contributed by atoms with van der Waals surface area (Å²) >= 11 is 12.7. The average molecular weight is 333 g/mol. The van der Waals surface area contributed by atoms with Crippen LogP contribution in [0.1, 0.15) is 10.4 Å². The smallest absolute Gasteiger partial charge is 0.178 e. The number of Topliss-reactive ketones (excluding diaryl/α,β-unsaturated/α-hetero) is 1. The molecule has 1 nitrogen and oxygen atoms in total. The Balaban J connectivity index is 3.28. The van der Waals surface area contributed by atoms with Gasteiger partial charge in [0.2, 0.25) is 0 Å². The number of rotatable bonds is 2. The van der Waals surface area contributed by atoms with Crippen molar-refractivity contribution in [2.75, 3.05) is 5.88 Å². The van der Waals surface area contributed by atoms with Gasteiger partial charge in [-0.3, -0.25) is 4.79 Å². The molecule has 0 radical (unpaired) electrons. The molecule has 0 unspecified atom stereocenters. The fourth-order valence-corrected chi connectivity index (χ4v) is 1.79. The number of carbonyl (C=O) groups excluding carboxylic acids is 1. The number of halogens is 4. The van der Waals surface area contributed by atoms with E-state index in [0.717, 1.165) is 6.07 Å². The molecule has 0 saturated heterocycles. The molecule has 0 fully saturated rings. The van der Waals surface area contributed by atoms with Gasteiger partial charge < -0.3 is 0 Å². The summed E-state index contributed by atoms with van der Waals surface area (Å²) in [6.45, 7) is 0. The molecule has 0 amide bonds. The van der Waals surface area contributed by atoms with Crippen molar-refractivity contribution in [2.45, 2.75) is 0 Å². The molecule has 0 aromatic heterocycles. The highest BCUT2D eigenvalue weighted by molar-refractivity contribution is 14.1. The molecule has 1 aromatic rings. The Bertz CT molecular complexity index is 354. The number of ketones is 1. The molecule has 13 heavy (non-hydrogen) atoms. The lowest BCUT2D eigenvalue weighted by atomic mass is 10.1. The second-order valence-electron chi connectivity index (χ2n) is 2.31. The minimum absolute atomic E-state index is 0.171. The highest BCUT2D eigenvalue weighted by Crippen LogP contribution is 2.22. The van der Waals surface area contributed by atoms with Crippen LogP contribution in [-0.4, -0.2) is 11.7 Å². The van der Waals surface area contributed by atoms with Crippen molar-refractivity contribution in [1.82, 2.24) is 0 Å². The van der Waals surface area contributed by atoms with Crippen LogP contribution in [0.2, 0.25) is 5.02 Å². The van der Waals surface area contributed by atoms with Gasteiger partial charge in [0.1, 0.15) is 5.82 Å². The fraction of sp³-hybridized carbons (Fsp3) is 0.125. The van der Waals surface area contributed by atoms with Crippen LogP contribution in [0.3, 0.4) is 0 Å². The van der Waals surface area contributed by atoms with E-state index in [2.05, 4.69) is 0 Å². The topological polar surface area (TPSA) is 17.1 Å². The summed E-state index contributed by atoms with van der Waals surface area (Å²) in [6.07, 6.45) is 0. The number of benzene rings is 1. The fourth-order valence-electron chi connectivity index (χ4n) is 0.831. The second-order valence-corrected chi connectivity index (χ2v) is 4.09. The van der Waals surface area contributed by atoms with E-state index in [1.807, 2.05) is 0 Å². The zero-order chi connectivity index (χ0) is 10.0. The summed E-state index contributed by atoms with van der Waals surface area (Å²) in [7, 11) is 0. The van der Waals surface area contributed by atoms with Gasteiger partial charge in [-0.05, 0) is 34.7 Å². The average Bonchev–Trinajstić information content (AvgIpc) is 2.10. The van der Waals surface area contributed by atoms with Crippen molar-refractivity contribution in [3.63, 3.8) is 0 Å². The predicted octanol–water partition coefficient (Wildman–Crippen LogP) is 3.51. The van der Waals surface area contributed by atoms with Crippen LogP contribution in [0, 0.1) is 9.39 Å². The van der Waals surface area contributed by atoms with Crippen molar-refractivity contribution >= 4 is 51.6 Å². The van der Waals surface area contributed by atoms with Crippen molar-refractivity contribution in [3.8, 4) is 0 Å². The maximum absolute atomic E-state index is 13.0. The summed E-state index contributed by atoms with van der Waals surface area (Å²) < 4.78 is 13.3. The molecular weight excluding hydrogens is 329 g/mol. The Hall–Kier alpha value is 0.130. The third-order valence-corrected chi connectivity index (χ3v) is 2.97. The van der Waals surface area contributed by atoms with Gasteiger partial charge in [-0.25, -0.2) is 4.39 Å². The molecule has 1 aromatic carbocycles. The molecule has 0 aliphatic carbocycles. The van der Waals surface area contributed by atoms with E-state index in [-0.39, 0.29) is 25.8 Å². The van der Waals surface area contributed by atoms with E-state index >= 15 is 0 Å². The van der Waals surface area contributed by atoms with Crippen molar-refractivity contribution in [2.24, 2.45) is 0 Å². The number of hydrogen-bond donors (Lipinski definition) is 0. The first kappa shape index (κ1) is 11.2. The third kappa shape index (κ3) is 2.54. The van der Waals surface area contributed by atoms with Gasteiger partial charge >= 0.3 is 0 Å². The predicted molar refractivity (Wildman–Crippen MR) is 59.2 cm³/mol. The maximum atomic E-state index is 13.0. The van der Waals surface area contributed by atoms with E-state index in [0.29, 0.717) is 0 Å². The lowest BCUT2D eigenvalue weighted by Gasteiger charge is -2.02. The van der Waals surface area contributed by atoms with Crippen LogP contribution in [0.15, 0.2) is 12.1 Å². The summed E-state index contributed by atoms with van der Waals surface area (Å²) in [5, 5.41) is 0.200. The first-order valence-electron chi connectivity index (χ1n) is 3.30. The van der Waals surface area contributed by atoms with Crippen LogP contribution in [-0.2, 0) is 0 Å². The van der Waals surface area contributed by atoms with Crippen molar-refractivity contribution < 1.29 is 9.18 Å². The van der Waals surface area contributed by atoms with Crippen LogP contribution in [0.4, 0.5) is 4.39 Å². The summed E-state index contributed by atoms with van der Waals surface area (Å²) in [6, 6.07) is 2.57. The van der Waals surface area contributed by atoms with Gasteiger partial charge in [-0.2, -0.15) is 0 Å². The molecule has 0 heterocycles. The molecule has 0 bridgehead atoms. The van der Waals surface area contributed by atoms with E-state index in [9.17, 15) is 9.18 Å². The Morgan fingerprint density at radius 2 is 2.15 bits per heavy atom. The highest BCUT2D eigenvalue weighted by atomic mass is 127. The minimum Gasteiger partial charge on any atom is -0.293 e. The van der Waals surface area contributed by atoms with Crippen LogP contribution < -0.4 is 0 Å². The van der Waals surface area contributed by atoms with Crippen molar-refractivity contribution in [1.29, 1.82) is 0 Å². The van der Waals surface area contributed by atoms with Crippen LogP contribution >= 0.6 is 45.8 Å². The maximum Gasteiger partial charge on any atom is 0.178 e. The Morgan fingerprint density at radius 3 is 2.69 bits per heavy atom. The molecule has 0 spiro atoms. The van der Waals surface area contributed by atoms with Gasteiger partial charge in [0, 0.05) is 10.6 Å². The van der Waals surface area contributed by atoms with Crippen molar-refractivity contribution in [3.05, 3.63) is 32.1 Å². The largest absolute Gasteiger partial charge is 0.293 e. The first-order valence-corrected chi connectivity index (χ1v) is 5.29. The standard InChI is InChI=1S/C8H4Cl2FIO/c9-3-7(13)5-1-4(10)2-6(11)8(5)12/h1-2H,3H2. The zero-order valence-corrected chi connectivity index (χ0v) is 9.95. The highest BCUT2D eigenvalue weighted by Gasteiger charge is 2.13. The summed E-state index contributed by atoms with van der Waals surface area (Å²) in [5.74, 6) is -0.996. The number of alkyl halides is 1. The first-order chi connectivity index (χ1) is 6.06. The van der Waals surface area contributed by atoms with Crippen LogP contribution in [0.5, 0.6) is 0 Å². The Labute approximate surface area is 98.4 Å². The minimum atomic E-state index is -0.499. The zero-order valence-electron chi connectivity index (χ0n) is 6.28. The van der Waals surface area contributed by atoms with E-state index < -0.39 is 5.82 Å². The molecule has 0 saturated carbocycles. The molecule has 5 heteroatoms. The second kappa shape index (κ2) is 4.57. The van der Waals surface area contributed by atoms with Gasteiger partial charge in [0.25, 0.3) is 0 Å². The molecule has 70 valence electrons. The van der Waals surface area contributed by atoms with Gasteiger partial charge in [-0.15, -0.1) is 11.6 Å². The van der Waals surface area contributed by atoms with Crippen LogP contribution in [0.25, 0.3) is 0 Å².